The maximum absolute atomic E-state index is 8.42. The van der Waals surface area contributed by atoms with E-state index in [1.165, 1.54) is 33.4 Å². The predicted octanol–water partition coefficient (Wildman–Crippen LogP) is -0.381. The highest BCUT2D eigenvalue weighted by Crippen LogP contribution is 2.15. The number of alkyl halides is 3. The van der Waals surface area contributed by atoms with Gasteiger partial charge in [0.1, 0.15) is 0 Å². The summed E-state index contributed by atoms with van der Waals surface area (Å²) >= 11 is -0.0599. The van der Waals surface area contributed by atoms with Crippen LogP contribution in [0, 0.1) is 31.5 Å². The van der Waals surface area contributed by atoms with E-state index < -0.39 is 7.32 Å². The Balaban J connectivity index is 0.000000211. The average Bonchev–Trinajstić information content (AvgIpc) is 3.16. The number of rotatable bonds is 9. The van der Waals surface area contributed by atoms with E-state index >= 15 is 0 Å². The fourth-order valence-electron chi connectivity index (χ4n) is 5.40. The highest BCUT2D eigenvalue weighted by Gasteiger charge is 2.39. The Kier molecular flexibility index (Phi) is 19.6. The number of benzene rings is 6. The second-order valence-corrected chi connectivity index (χ2v) is 27.5. The van der Waals surface area contributed by atoms with Crippen molar-refractivity contribution in [2.24, 2.45) is 0 Å². The van der Waals surface area contributed by atoms with Crippen LogP contribution < -0.4 is 78.7 Å². The number of hydrogen-bond acceptors (Lipinski definition) is 3. The van der Waals surface area contributed by atoms with E-state index in [4.69, 9.17) is 15.1 Å². The van der Waals surface area contributed by atoms with Gasteiger partial charge in [0.05, 0.1) is 0 Å². The van der Waals surface area contributed by atoms with Crippen molar-refractivity contribution < 1.29 is 78.7 Å². The molecule has 0 N–H and O–H groups in total. The smallest absolute Gasteiger partial charge is 0.324 e. The molecule has 0 aromatic heterocycles. The molecule has 6 aromatic rings. The fraction of sp³-hybridized carbons (Fsp3) is 0.250. The lowest BCUT2D eigenvalue weighted by Gasteiger charge is -2.35. The molecule has 0 spiro atoms. The van der Waals surface area contributed by atoms with Crippen LogP contribution in [0.15, 0.2) is 164 Å². The zero-order chi connectivity index (χ0) is 40.5. The van der Waals surface area contributed by atoms with Crippen LogP contribution in [0.3, 0.4) is 0 Å². The largest absolute Gasteiger partial charge is 0.907 e. The van der Waals surface area contributed by atoms with Gasteiger partial charge in [-0.2, -0.15) is 0 Å². The third-order valence-corrected chi connectivity index (χ3v) is 19.9. The van der Waals surface area contributed by atoms with Gasteiger partial charge in [-0.15, -0.1) is 0 Å². The molecule has 3 nitrogen and oxygen atoms in total. The quantitative estimate of drug-likeness (QED) is 0.113. The van der Waals surface area contributed by atoms with Gasteiger partial charge in [0, 0.05) is 33.4 Å². The first kappa shape index (κ1) is 46.8. The molecular weight excluding hydrogens is 1020 g/mol. The molecule has 0 heterocycles. The molecule has 0 aliphatic heterocycles. The third kappa shape index (κ3) is 16.5. The Morgan fingerprint density at radius 2 is 0.509 bits per heavy atom. The van der Waals surface area contributed by atoms with Gasteiger partial charge in [0.2, 0.25) is 0 Å². The Morgan fingerprint density at radius 3 is 0.709 bits per heavy atom. The lowest BCUT2D eigenvalue weighted by Crippen LogP contribution is -3.66. The first-order valence-corrected chi connectivity index (χ1v) is 24.8. The zero-order valence-corrected chi connectivity index (χ0v) is 40.0. The highest BCUT2D eigenvalue weighted by molar-refractivity contribution is 6.24. The lowest BCUT2D eigenvalue weighted by atomic mass is 10.0. The Morgan fingerprint density at radius 1 is 0.327 bits per heavy atom. The van der Waals surface area contributed by atoms with Gasteiger partial charge in [-0.05, 0) is 80.5 Å². The van der Waals surface area contributed by atoms with Crippen LogP contribution in [0.2, 0.25) is 0 Å². The van der Waals surface area contributed by atoms with Crippen LogP contribution in [0.4, 0.5) is 0 Å². The first-order chi connectivity index (χ1) is 26.0. The summed E-state index contributed by atoms with van der Waals surface area (Å²) in [6.07, 6.45) is 0. The number of aryl methyl sites for hydroxylation is 3. The summed E-state index contributed by atoms with van der Waals surface area (Å²) in [5.74, 6) is 0. The van der Waals surface area contributed by atoms with Crippen molar-refractivity contribution in [3.8, 4) is 0 Å². The predicted molar refractivity (Wildman–Crippen MR) is 214 cm³/mol. The summed E-state index contributed by atoms with van der Waals surface area (Å²) < 4.78 is 5.56. The lowest BCUT2D eigenvalue weighted by molar-refractivity contribution is -0.705. The first-order valence-electron chi connectivity index (χ1n) is 18.3. The molecular formula is C48H54BI3O3. The standard InChI is InChI=1S/3C16H18I.BO3/c3*1-13-9-7-8-12-15(13)17-16(2,3)14-10-5-4-6-11-14;2-1(3)4/h3*4-12H,1-3H3;/q3*+1;-3. The van der Waals surface area contributed by atoms with Crippen molar-refractivity contribution in [2.45, 2.75) is 72.6 Å². The summed E-state index contributed by atoms with van der Waals surface area (Å²) in [6.45, 7) is 20.8. The summed E-state index contributed by atoms with van der Waals surface area (Å²) in [6, 6.07) is 58.9. The molecule has 0 unspecified atom stereocenters. The molecule has 0 aliphatic rings. The fourth-order valence-corrected chi connectivity index (χ4v) is 14.8. The summed E-state index contributed by atoms with van der Waals surface area (Å²) in [7, 11) is -2.92. The van der Waals surface area contributed by atoms with E-state index in [-0.39, 0.29) is 63.6 Å². The molecule has 0 atom stereocenters. The number of halogens is 3. The van der Waals surface area contributed by atoms with Gasteiger partial charge in [-0.25, -0.2) is 0 Å². The maximum atomic E-state index is 8.42. The SMILES string of the molecule is Cc1ccccc1[I+]C(C)(C)c1ccccc1.Cc1ccccc1[I+]C(C)(C)c1ccccc1.Cc1ccccc1[I+]C(C)(C)c1ccccc1.[O-]B([O-])[O-]. The van der Waals surface area contributed by atoms with Crippen molar-refractivity contribution in [2.75, 3.05) is 0 Å². The number of hydrogen-bond donors (Lipinski definition) is 0. The topological polar surface area (TPSA) is 69.2 Å². The molecule has 7 heteroatoms. The van der Waals surface area contributed by atoms with Crippen molar-refractivity contribution >= 4 is 7.32 Å². The Bertz CT molecular complexity index is 1750. The van der Waals surface area contributed by atoms with E-state index in [1.54, 1.807) is 10.7 Å². The molecule has 0 aliphatic carbocycles. The molecule has 6 aromatic carbocycles. The van der Waals surface area contributed by atoms with Crippen LogP contribution in [0.1, 0.15) is 74.9 Å². The minimum atomic E-state index is -2.92. The Hall–Kier alpha value is -2.55. The molecule has 0 saturated heterocycles. The van der Waals surface area contributed by atoms with Gasteiger partial charge in [-0.3, -0.25) is 7.32 Å². The van der Waals surface area contributed by atoms with Gasteiger partial charge >= 0.3 is 63.6 Å². The third-order valence-electron chi connectivity index (χ3n) is 8.62. The van der Waals surface area contributed by atoms with Crippen LogP contribution in [-0.4, -0.2) is 7.32 Å². The van der Waals surface area contributed by atoms with Crippen LogP contribution in [0.5, 0.6) is 0 Å². The van der Waals surface area contributed by atoms with Crippen molar-refractivity contribution in [3.63, 3.8) is 0 Å². The second kappa shape index (κ2) is 23.0. The highest BCUT2D eigenvalue weighted by atomic mass is 127. The zero-order valence-electron chi connectivity index (χ0n) is 33.5. The van der Waals surface area contributed by atoms with Crippen LogP contribution in [0.25, 0.3) is 0 Å². The van der Waals surface area contributed by atoms with Crippen molar-refractivity contribution in [1.29, 1.82) is 0 Å². The molecule has 0 radical (unpaired) electrons. The summed E-state index contributed by atoms with van der Waals surface area (Å²) in [5, 5.41) is 25.2. The minimum absolute atomic E-state index is 0.0200. The van der Waals surface area contributed by atoms with Gasteiger partial charge in [0.15, 0.2) is 21.0 Å². The maximum Gasteiger partial charge on any atom is 0.324 e. The molecule has 288 valence electrons. The molecule has 6 rings (SSSR count). The molecule has 0 saturated carbocycles. The molecule has 0 fully saturated rings. The van der Waals surface area contributed by atoms with Gasteiger partial charge in [-0.1, -0.05) is 146 Å². The van der Waals surface area contributed by atoms with Gasteiger partial charge < -0.3 is 15.1 Å². The average molecular weight is 1070 g/mol. The van der Waals surface area contributed by atoms with E-state index in [9.17, 15) is 0 Å². The van der Waals surface area contributed by atoms with E-state index in [1.807, 2.05) is 0 Å². The monoisotopic (exact) mass is 1070 g/mol. The van der Waals surface area contributed by atoms with E-state index in [0.29, 0.717) is 10.3 Å². The second-order valence-electron chi connectivity index (χ2n) is 14.3. The van der Waals surface area contributed by atoms with Crippen molar-refractivity contribution in [1.82, 2.24) is 0 Å². The molecule has 0 amide bonds. The summed E-state index contributed by atoms with van der Waals surface area (Å²) in [4.78, 5) is 0. The van der Waals surface area contributed by atoms with Gasteiger partial charge in [0.25, 0.3) is 0 Å². The molecule has 55 heavy (non-hydrogen) atoms. The minimum Gasteiger partial charge on any atom is -0.907 e. The van der Waals surface area contributed by atoms with E-state index in [0.717, 1.165) is 0 Å². The Labute approximate surface area is 363 Å². The van der Waals surface area contributed by atoms with E-state index in [2.05, 4.69) is 226 Å². The molecule has 0 bridgehead atoms. The summed E-state index contributed by atoms with van der Waals surface area (Å²) in [5.41, 5.74) is 8.67. The normalized spacial score (nSPS) is 11.1. The van der Waals surface area contributed by atoms with Crippen LogP contribution in [-0.2, 0) is 10.3 Å². The van der Waals surface area contributed by atoms with Crippen LogP contribution >= 0.6 is 0 Å². The van der Waals surface area contributed by atoms with Crippen molar-refractivity contribution in [3.05, 3.63) is 208 Å².